The number of aromatic carboxylic acids is 1. The molecule has 1 amide bonds. The Kier molecular flexibility index (Phi) is 5.23. The molecule has 0 spiro atoms. The lowest BCUT2D eigenvalue weighted by Gasteiger charge is -2.13. The lowest BCUT2D eigenvalue weighted by Crippen LogP contribution is -2.23. The van der Waals surface area contributed by atoms with Gasteiger partial charge >= 0.3 is 5.97 Å². The summed E-state index contributed by atoms with van der Waals surface area (Å²) in [4.78, 5) is 24.4. The molecule has 1 fully saturated rings. The second kappa shape index (κ2) is 7.57. The van der Waals surface area contributed by atoms with E-state index in [-0.39, 0.29) is 17.3 Å². The summed E-state index contributed by atoms with van der Waals surface area (Å²) >= 11 is 1.15. The van der Waals surface area contributed by atoms with E-state index in [0.717, 1.165) is 29.1 Å². The fraction of sp³-hybridized carbons (Fsp3) is 0.333. The summed E-state index contributed by atoms with van der Waals surface area (Å²) in [7, 11) is 1.57. The SMILES string of the molecule is COc1ccc(C(=O)NCc2ccc(C(=O)O)s2)c(OCC2CC2)c1. The minimum absolute atomic E-state index is 0.252. The van der Waals surface area contributed by atoms with Gasteiger partial charge in [0.1, 0.15) is 16.4 Å². The summed E-state index contributed by atoms with van der Waals surface area (Å²) < 4.78 is 11.0. The monoisotopic (exact) mass is 361 g/mol. The molecule has 0 bridgehead atoms. The Balaban J connectivity index is 1.67. The third-order valence-corrected chi connectivity index (χ3v) is 4.97. The third-order valence-electron chi connectivity index (χ3n) is 3.90. The molecule has 0 radical (unpaired) electrons. The molecule has 0 saturated heterocycles. The molecule has 2 aromatic rings. The van der Waals surface area contributed by atoms with Crippen molar-refractivity contribution in [1.82, 2.24) is 5.32 Å². The van der Waals surface area contributed by atoms with Crippen LogP contribution < -0.4 is 14.8 Å². The lowest BCUT2D eigenvalue weighted by molar-refractivity contribution is 0.0702. The van der Waals surface area contributed by atoms with Crippen LogP contribution in [0.4, 0.5) is 0 Å². The Morgan fingerprint density at radius 1 is 1.28 bits per heavy atom. The highest BCUT2D eigenvalue weighted by atomic mass is 32.1. The number of carboxylic acid groups (broad SMARTS) is 1. The van der Waals surface area contributed by atoms with E-state index in [1.54, 1.807) is 31.4 Å². The zero-order valence-corrected chi connectivity index (χ0v) is 14.6. The van der Waals surface area contributed by atoms with E-state index in [0.29, 0.717) is 29.6 Å². The van der Waals surface area contributed by atoms with Crippen LogP contribution in [0.3, 0.4) is 0 Å². The zero-order valence-electron chi connectivity index (χ0n) is 13.8. The minimum atomic E-state index is -0.964. The number of amides is 1. The van der Waals surface area contributed by atoms with Gasteiger partial charge in [-0.05, 0) is 43.0 Å². The van der Waals surface area contributed by atoms with Crippen molar-refractivity contribution in [2.75, 3.05) is 13.7 Å². The molecule has 2 N–H and O–H groups in total. The molecule has 1 aliphatic rings. The maximum absolute atomic E-state index is 12.5. The van der Waals surface area contributed by atoms with Crippen molar-refractivity contribution in [2.45, 2.75) is 19.4 Å². The fourth-order valence-corrected chi connectivity index (χ4v) is 3.07. The third kappa shape index (κ3) is 4.51. The fourth-order valence-electron chi connectivity index (χ4n) is 2.28. The molecule has 132 valence electrons. The van der Waals surface area contributed by atoms with Crippen molar-refractivity contribution in [3.05, 3.63) is 45.6 Å². The van der Waals surface area contributed by atoms with E-state index in [2.05, 4.69) is 5.32 Å². The molecule has 25 heavy (non-hydrogen) atoms. The summed E-state index contributed by atoms with van der Waals surface area (Å²) in [5.74, 6) is 0.475. The molecular weight excluding hydrogens is 342 g/mol. The van der Waals surface area contributed by atoms with Gasteiger partial charge in [0.2, 0.25) is 0 Å². The van der Waals surface area contributed by atoms with Crippen LogP contribution in [-0.4, -0.2) is 30.7 Å². The molecule has 0 unspecified atom stereocenters. The smallest absolute Gasteiger partial charge is 0.345 e. The van der Waals surface area contributed by atoms with Crippen molar-refractivity contribution in [3.63, 3.8) is 0 Å². The van der Waals surface area contributed by atoms with Crippen LogP contribution in [0.15, 0.2) is 30.3 Å². The molecular formula is C18H19NO5S. The minimum Gasteiger partial charge on any atom is -0.497 e. The highest BCUT2D eigenvalue weighted by Crippen LogP contribution is 2.31. The largest absolute Gasteiger partial charge is 0.497 e. The number of carbonyl (C=O) groups is 2. The van der Waals surface area contributed by atoms with Crippen LogP contribution in [0, 0.1) is 5.92 Å². The second-order valence-corrected chi connectivity index (χ2v) is 7.04. The molecule has 6 nitrogen and oxygen atoms in total. The predicted octanol–water partition coefficient (Wildman–Crippen LogP) is 3.17. The average molecular weight is 361 g/mol. The lowest BCUT2D eigenvalue weighted by atomic mass is 10.1. The molecule has 1 heterocycles. The summed E-state index contributed by atoms with van der Waals surface area (Å²) in [6.45, 7) is 0.866. The molecule has 3 rings (SSSR count). The van der Waals surface area contributed by atoms with Crippen LogP contribution in [0.25, 0.3) is 0 Å². The molecule has 1 aliphatic carbocycles. The molecule has 7 heteroatoms. The van der Waals surface area contributed by atoms with E-state index >= 15 is 0 Å². The number of carbonyl (C=O) groups excluding carboxylic acids is 1. The molecule has 1 aromatic carbocycles. The van der Waals surface area contributed by atoms with Crippen molar-refractivity contribution >= 4 is 23.2 Å². The maximum atomic E-state index is 12.5. The summed E-state index contributed by atoms with van der Waals surface area (Å²) in [5, 5.41) is 11.7. The number of rotatable bonds is 8. The number of hydrogen-bond acceptors (Lipinski definition) is 5. The molecule has 0 atom stereocenters. The van der Waals surface area contributed by atoms with Crippen LogP contribution in [0.1, 0.15) is 37.7 Å². The number of methoxy groups -OCH3 is 1. The van der Waals surface area contributed by atoms with Gasteiger partial charge in [0.25, 0.3) is 5.91 Å². The van der Waals surface area contributed by atoms with Crippen molar-refractivity contribution in [3.8, 4) is 11.5 Å². The van der Waals surface area contributed by atoms with Gasteiger partial charge in [0.15, 0.2) is 0 Å². The Labute approximate surface area is 149 Å². The van der Waals surface area contributed by atoms with Gasteiger partial charge < -0.3 is 19.9 Å². The van der Waals surface area contributed by atoms with E-state index in [4.69, 9.17) is 14.6 Å². The molecule has 0 aliphatic heterocycles. The quantitative estimate of drug-likeness (QED) is 0.754. The Hall–Kier alpha value is -2.54. The predicted molar refractivity (Wildman–Crippen MR) is 93.7 cm³/mol. The summed E-state index contributed by atoms with van der Waals surface area (Å²) in [6.07, 6.45) is 2.32. The molecule has 1 saturated carbocycles. The van der Waals surface area contributed by atoms with Gasteiger partial charge in [-0.2, -0.15) is 0 Å². The van der Waals surface area contributed by atoms with E-state index < -0.39 is 5.97 Å². The van der Waals surface area contributed by atoms with E-state index in [1.807, 2.05) is 0 Å². The Bertz CT molecular complexity index is 782. The molecule has 1 aromatic heterocycles. The van der Waals surface area contributed by atoms with Gasteiger partial charge in [-0.25, -0.2) is 4.79 Å². The van der Waals surface area contributed by atoms with Crippen LogP contribution in [0.5, 0.6) is 11.5 Å². The first-order chi connectivity index (χ1) is 12.1. The Morgan fingerprint density at radius 3 is 2.72 bits per heavy atom. The van der Waals surface area contributed by atoms with Gasteiger partial charge in [0, 0.05) is 10.9 Å². The highest BCUT2D eigenvalue weighted by Gasteiger charge is 2.23. The zero-order chi connectivity index (χ0) is 17.8. The Morgan fingerprint density at radius 2 is 2.08 bits per heavy atom. The standard InChI is InChI=1S/C18H19NO5S/c1-23-12-4-6-14(15(8-12)24-10-11-2-3-11)17(20)19-9-13-5-7-16(25-13)18(21)22/h4-8,11H,2-3,9-10H2,1H3,(H,19,20)(H,21,22). The highest BCUT2D eigenvalue weighted by molar-refractivity contribution is 7.13. The number of carboxylic acids is 1. The van der Waals surface area contributed by atoms with Crippen molar-refractivity contribution in [1.29, 1.82) is 0 Å². The second-order valence-electron chi connectivity index (χ2n) is 5.87. The average Bonchev–Trinajstić information content (AvgIpc) is 3.32. The van der Waals surface area contributed by atoms with Gasteiger partial charge in [-0.15, -0.1) is 11.3 Å². The van der Waals surface area contributed by atoms with Crippen LogP contribution >= 0.6 is 11.3 Å². The normalized spacial score (nSPS) is 13.3. The number of ether oxygens (including phenoxy) is 2. The summed E-state index contributed by atoms with van der Waals surface area (Å²) in [5.41, 5.74) is 0.441. The van der Waals surface area contributed by atoms with Gasteiger partial charge in [0.05, 0.1) is 25.8 Å². The number of benzene rings is 1. The number of hydrogen-bond donors (Lipinski definition) is 2. The van der Waals surface area contributed by atoms with Crippen LogP contribution in [0.2, 0.25) is 0 Å². The van der Waals surface area contributed by atoms with Gasteiger partial charge in [-0.1, -0.05) is 0 Å². The van der Waals surface area contributed by atoms with Gasteiger partial charge in [-0.3, -0.25) is 4.79 Å². The first-order valence-electron chi connectivity index (χ1n) is 7.98. The van der Waals surface area contributed by atoms with Crippen molar-refractivity contribution < 1.29 is 24.2 Å². The van der Waals surface area contributed by atoms with Crippen LogP contribution in [-0.2, 0) is 6.54 Å². The first-order valence-corrected chi connectivity index (χ1v) is 8.79. The van der Waals surface area contributed by atoms with E-state index in [1.165, 1.54) is 6.07 Å². The first kappa shape index (κ1) is 17.3. The van der Waals surface area contributed by atoms with Crippen molar-refractivity contribution in [2.24, 2.45) is 5.92 Å². The van der Waals surface area contributed by atoms with E-state index in [9.17, 15) is 9.59 Å². The maximum Gasteiger partial charge on any atom is 0.345 e. The number of thiophene rings is 1. The summed E-state index contributed by atoms with van der Waals surface area (Å²) in [6, 6.07) is 8.34. The number of nitrogens with one attached hydrogen (secondary N) is 1. The topological polar surface area (TPSA) is 84.9 Å².